The molecule has 0 unspecified atom stereocenters. The Morgan fingerprint density at radius 3 is 2.33 bits per heavy atom. The Morgan fingerprint density at radius 2 is 2.00 bits per heavy atom. The molecule has 0 rings (SSSR count). The van der Waals surface area contributed by atoms with Crippen molar-refractivity contribution in [2.24, 2.45) is 5.92 Å². The topological polar surface area (TPSA) is 3.24 Å². The number of hydrogen-bond acceptors (Lipinski definition) is 1. The summed E-state index contributed by atoms with van der Waals surface area (Å²) in [5.74, 6) is 0.756. The van der Waals surface area contributed by atoms with Gasteiger partial charge in [0, 0.05) is 13.6 Å². The van der Waals surface area contributed by atoms with Gasteiger partial charge in [-0.3, -0.25) is 0 Å². The van der Waals surface area contributed by atoms with Gasteiger partial charge in [0.15, 0.2) is 0 Å². The first-order valence-corrected chi connectivity index (χ1v) is 3.50. The van der Waals surface area contributed by atoms with Crippen LogP contribution in [0.15, 0.2) is 12.3 Å². The van der Waals surface area contributed by atoms with Crippen molar-refractivity contribution in [3.63, 3.8) is 0 Å². The lowest BCUT2D eigenvalue weighted by Gasteiger charge is -2.15. The van der Waals surface area contributed by atoms with Crippen molar-refractivity contribution in [1.29, 1.82) is 0 Å². The van der Waals surface area contributed by atoms with Crippen LogP contribution in [0.4, 0.5) is 0 Å². The summed E-state index contributed by atoms with van der Waals surface area (Å²) < 4.78 is 0. The normalized spacial score (nSPS) is 11.2. The minimum Gasteiger partial charge on any atom is -0.380 e. The van der Waals surface area contributed by atoms with Crippen molar-refractivity contribution < 1.29 is 0 Å². The third kappa shape index (κ3) is 5.41. The highest BCUT2D eigenvalue weighted by Gasteiger charge is 1.93. The van der Waals surface area contributed by atoms with E-state index in [1.165, 1.54) is 0 Å². The maximum atomic E-state index is 2.22. The molecule has 0 aromatic heterocycles. The average molecular weight is 127 g/mol. The number of allylic oxidation sites excluding steroid dienone is 1. The first-order chi connectivity index (χ1) is 4.16. The van der Waals surface area contributed by atoms with Gasteiger partial charge in [0.2, 0.25) is 0 Å². The standard InChI is InChI=1S/C8H17N/c1-5-6-9(4)7-8(2)3/h5-6,8H,7H2,1-4H3/b6-5-. The zero-order valence-corrected chi connectivity index (χ0v) is 6.89. The summed E-state index contributed by atoms with van der Waals surface area (Å²) in [4.78, 5) is 2.20. The minimum absolute atomic E-state index is 0.756. The first-order valence-electron chi connectivity index (χ1n) is 3.50. The van der Waals surface area contributed by atoms with E-state index in [2.05, 4.69) is 38.1 Å². The van der Waals surface area contributed by atoms with Gasteiger partial charge in [-0.15, -0.1) is 0 Å². The Morgan fingerprint density at radius 1 is 1.44 bits per heavy atom. The molecule has 0 aliphatic rings. The van der Waals surface area contributed by atoms with Crippen molar-refractivity contribution in [2.75, 3.05) is 13.6 Å². The SMILES string of the molecule is C/C=C\N(C)CC(C)C. The highest BCUT2D eigenvalue weighted by molar-refractivity contribution is 4.76. The van der Waals surface area contributed by atoms with Crippen LogP contribution in [0, 0.1) is 5.92 Å². The zero-order valence-electron chi connectivity index (χ0n) is 6.89. The molecule has 0 aliphatic heterocycles. The quantitative estimate of drug-likeness (QED) is 0.561. The summed E-state index contributed by atoms with van der Waals surface area (Å²) in [6.07, 6.45) is 4.16. The largest absolute Gasteiger partial charge is 0.380 e. The molecular weight excluding hydrogens is 110 g/mol. The second-order valence-electron chi connectivity index (χ2n) is 2.82. The molecule has 9 heavy (non-hydrogen) atoms. The van der Waals surface area contributed by atoms with E-state index in [-0.39, 0.29) is 0 Å². The molecular formula is C8H17N. The van der Waals surface area contributed by atoms with Crippen molar-refractivity contribution in [3.05, 3.63) is 12.3 Å². The van der Waals surface area contributed by atoms with Gasteiger partial charge in [-0.05, 0) is 19.0 Å². The lowest BCUT2D eigenvalue weighted by molar-refractivity contribution is 0.389. The van der Waals surface area contributed by atoms with Gasteiger partial charge in [0.05, 0.1) is 0 Å². The minimum atomic E-state index is 0.756. The van der Waals surface area contributed by atoms with E-state index in [1.54, 1.807) is 0 Å². The molecule has 0 radical (unpaired) electrons. The van der Waals surface area contributed by atoms with Crippen molar-refractivity contribution in [3.8, 4) is 0 Å². The molecule has 0 aromatic rings. The molecule has 0 saturated heterocycles. The van der Waals surface area contributed by atoms with Crippen molar-refractivity contribution >= 4 is 0 Å². The molecule has 0 fully saturated rings. The maximum absolute atomic E-state index is 2.22. The molecule has 0 aromatic carbocycles. The molecule has 54 valence electrons. The van der Waals surface area contributed by atoms with E-state index < -0.39 is 0 Å². The van der Waals surface area contributed by atoms with E-state index in [0.717, 1.165) is 12.5 Å². The molecule has 0 N–H and O–H groups in total. The van der Waals surface area contributed by atoms with Gasteiger partial charge >= 0.3 is 0 Å². The van der Waals surface area contributed by atoms with E-state index in [4.69, 9.17) is 0 Å². The summed E-state index contributed by atoms with van der Waals surface area (Å²) in [6.45, 7) is 7.63. The van der Waals surface area contributed by atoms with E-state index in [0.29, 0.717) is 0 Å². The zero-order chi connectivity index (χ0) is 7.28. The van der Waals surface area contributed by atoms with Crippen LogP contribution in [0.1, 0.15) is 20.8 Å². The van der Waals surface area contributed by atoms with Gasteiger partial charge < -0.3 is 4.90 Å². The second kappa shape index (κ2) is 4.42. The van der Waals surface area contributed by atoms with Crippen molar-refractivity contribution in [2.45, 2.75) is 20.8 Å². The summed E-state index contributed by atoms with van der Waals surface area (Å²) in [7, 11) is 2.10. The van der Waals surface area contributed by atoms with Crippen LogP contribution >= 0.6 is 0 Å². The van der Waals surface area contributed by atoms with Crippen molar-refractivity contribution in [1.82, 2.24) is 4.90 Å². The molecule has 1 heteroatoms. The Balaban J connectivity index is 3.38. The summed E-state index contributed by atoms with van der Waals surface area (Å²) in [5.41, 5.74) is 0. The molecule has 0 amide bonds. The van der Waals surface area contributed by atoms with Crippen LogP contribution in [0.5, 0.6) is 0 Å². The lowest BCUT2D eigenvalue weighted by atomic mass is 10.2. The van der Waals surface area contributed by atoms with Gasteiger partial charge in [-0.2, -0.15) is 0 Å². The third-order valence-corrected chi connectivity index (χ3v) is 1.06. The van der Waals surface area contributed by atoms with E-state index in [9.17, 15) is 0 Å². The molecule has 0 bridgehead atoms. The fraction of sp³-hybridized carbons (Fsp3) is 0.750. The molecule has 0 heterocycles. The predicted octanol–water partition coefficient (Wildman–Crippen LogP) is 2.11. The van der Waals surface area contributed by atoms with Crippen LogP contribution in [0.2, 0.25) is 0 Å². The number of rotatable bonds is 3. The van der Waals surface area contributed by atoms with Crippen LogP contribution in [0.3, 0.4) is 0 Å². The van der Waals surface area contributed by atoms with Crippen LogP contribution in [-0.2, 0) is 0 Å². The molecule has 1 nitrogen and oxygen atoms in total. The highest BCUT2D eigenvalue weighted by Crippen LogP contribution is 1.95. The van der Waals surface area contributed by atoms with Crippen LogP contribution < -0.4 is 0 Å². The van der Waals surface area contributed by atoms with Gasteiger partial charge in [-0.1, -0.05) is 19.9 Å². The summed E-state index contributed by atoms with van der Waals surface area (Å²) >= 11 is 0. The van der Waals surface area contributed by atoms with Gasteiger partial charge in [0.1, 0.15) is 0 Å². The monoisotopic (exact) mass is 127 g/mol. The maximum Gasteiger partial charge on any atom is 0.0192 e. The summed E-state index contributed by atoms with van der Waals surface area (Å²) in [6, 6.07) is 0. The summed E-state index contributed by atoms with van der Waals surface area (Å²) in [5, 5.41) is 0. The smallest absolute Gasteiger partial charge is 0.0192 e. The third-order valence-electron chi connectivity index (χ3n) is 1.06. The van der Waals surface area contributed by atoms with E-state index in [1.807, 2.05) is 6.92 Å². The van der Waals surface area contributed by atoms with Crippen LogP contribution in [-0.4, -0.2) is 18.5 Å². The van der Waals surface area contributed by atoms with Gasteiger partial charge in [-0.25, -0.2) is 0 Å². The fourth-order valence-electron chi connectivity index (χ4n) is 0.891. The Labute approximate surface area is 58.4 Å². The van der Waals surface area contributed by atoms with Gasteiger partial charge in [0.25, 0.3) is 0 Å². The first kappa shape index (κ1) is 8.54. The second-order valence-corrected chi connectivity index (χ2v) is 2.82. The molecule has 0 saturated carbocycles. The van der Waals surface area contributed by atoms with Crippen LogP contribution in [0.25, 0.3) is 0 Å². The average Bonchev–Trinajstić information content (AvgIpc) is 1.63. The fourth-order valence-corrected chi connectivity index (χ4v) is 0.891. The molecule has 0 atom stereocenters. The lowest BCUT2D eigenvalue weighted by Crippen LogP contribution is -2.16. The molecule has 0 aliphatic carbocycles. The Hall–Kier alpha value is -0.460. The molecule has 0 spiro atoms. The number of hydrogen-bond donors (Lipinski definition) is 0. The highest BCUT2D eigenvalue weighted by atomic mass is 15.1. The Kier molecular flexibility index (Phi) is 4.20. The Bertz CT molecular complexity index is 84.6. The number of nitrogens with zero attached hydrogens (tertiary/aromatic N) is 1. The van der Waals surface area contributed by atoms with E-state index >= 15 is 0 Å². The predicted molar refractivity (Wildman–Crippen MR) is 42.3 cm³/mol.